The molecular formula is C35H34N6O3S. The first-order valence-electron chi connectivity index (χ1n) is 14.9. The minimum Gasteiger partial charge on any atom is -0.309 e. The van der Waals surface area contributed by atoms with Crippen molar-refractivity contribution in [3.63, 3.8) is 0 Å². The lowest BCUT2D eigenvalue weighted by atomic mass is 10.0. The number of carbonyl (C=O) groups excluding carboxylic acids is 3. The predicted octanol–water partition coefficient (Wildman–Crippen LogP) is 6.07. The first kappa shape index (κ1) is 31.3. The van der Waals surface area contributed by atoms with Crippen molar-refractivity contribution in [2.75, 3.05) is 10.6 Å². The number of ketones is 1. The Morgan fingerprint density at radius 2 is 1.29 bits per heavy atom. The molecule has 10 heteroatoms. The van der Waals surface area contributed by atoms with Crippen molar-refractivity contribution in [1.82, 2.24) is 20.4 Å². The molecule has 2 aromatic heterocycles. The number of aryl methyl sites for hydroxylation is 3. The molecule has 0 spiro atoms. The van der Waals surface area contributed by atoms with Crippen molar-refractivity contribution in [1.29, 1.82) is 0 Å². The van der Waals surface area contributed by atoms with Gasteiger partial charge in [0.15, 0.2) is 11.6 Å². The van der Waals surface area contributed by atoms with Gasteiger partial charge in [0.2, 0.25) is 16.9 Å². The van der Waals surface area contributed by atoms with Gasteiger partial charge in [-0.25, -0.2) is 0 Å². The summed E-state index contributed by atoms with van der Waals surface area (Å²) in [5.41, 5.74) is 4.42. The van der Waals surface area contributed by atoms with Crippen LogP contribution in [0.1, 0.15) is 57.0 Å². The number of aromatic nitrogens is 4. The quantitative estimate of drug-likeness (QED) is 0.108. The Morgan fingerprint density at radius 3 is 2.07 bits per heavy atom. The highest BCUT2D eigenvalue weighted by atomic mass is 32.1. The van der Waals surface area contributed by atoms with E-state index in [9.17, 15) is 14.4 Å². The maximum atomic E-state index is 12.7. The maximum Gasteiger partial charge on any atom is 0.230 e. The largest absolute Gasteiger partial charge is 0.309 e. The lowest BCUT2D eigenvalue weighted by Crippen LogP contribution is -2.15. The zero-order valence-electron chi connectivity index (χ0n) is 24.8. The van der Waals surface area contributed by atoms with Gasteiger partial charge in [-0.2, -0.15) is 5.10 Å². The van der Waals surface area contributed by atoms with E-state index in [2.05, 4.69) is 31.0 Å². The van der Waals surface area contributed by atoms with Crippen LogP contribution in [-0.2, 0) is 41.7 Å². The Bertz CT molecular complexity index is 1710. The first-order valence-corrected chi connectivity index (χ1v) is 15.8. The Kier molecular flexibility index (Phi) is 11.2. The van der Waals surface area contributed by atoms with Crippen molar-refractivity contribution >= 4 is 39.9 Å². The molecule has 3 aromatic carbocycles. The third-order valence-corrected chi connectivity index (χ3v) is 7.97. The van der Waals surface area contributed by atoms with Crippen LogP contribution < -0.4 is 10.6 Å². The van der Waals surface area contributed by atoms with E-state index < -0.39 is 0 Å². The number of amides is 2. The van der Waals surface area contributed by atoms with Crippen LogP contribution in [0.5, 0.6) is 0 Å². The summed E-state index contributed by atoms with van der Waals surface area (Å²) in [5.74, 6) is 0.253. The lowest BCUT2D eigenvalue weighted by molar-refractivity contribution is -0.116. The molecule has 2 N–H and O–H groups in total. The molecule has 2 amide bonds. The highest BCUT2D eigenvalue weighted by Gasteiger charge is 2.11. The third-order valence-electron chi connectivity index (χ3n) is 7.07. The van der Waals surface area contributed by atoms with E-state index in [1.807, 2.05) is 91.0 Å². The second kappa shape index (κ2) is 16.1. The van der Waals surface area contributed by atoms with Gasteiger partial charge in [-0.05, 0) is 54.5 Å². The fourth-order valence-electron chi connectivity index (χ4n) is 4.79. The number of Topliss-reactive ketones (excluding diaryl/α,β-unsaturated/α-hetero) is 1. The summed E-state index contributed by atoms with van der Waals surface area (Å²) in [7, 11) is 0. The SMILES string of the molecule is O=C(Cc1ccccc1)Nc1ccc(CCCCc2nnc(NC(=O)Cc3cccc(CCC(=O)c4ccccc4)c3)s2)nn1. The molecule has 5 rings (SSSR count). The summed E-state index contributed by atoms with van der Waals surface area (Å²) in [6.45, 7) is 0. The van der Waals surface area contributed by atoms with E-state index in [1.165, 1.54) is 11.3 Å². The molecule has 0 saturated heterocycles. The number of nitrogens with zero attached hydrogens (tertiary/aromatic N) is 4. The van der Waals surface area contributed by atoms with Gasteiger partial charge in [-0.3, -0.25) is 14.4 Å². The van der Waals surface area contributed by atoms with Gasteiger partial charge in [0, 0.05) is 18.4 Å². The molecule has 0 aliphatic carbocycles. The summed E-state index contributed by atoms with van der Waals surface area (Å²) in [6, 6.07) is 30.3. The highest BCUT2D eigenvalue weighted by molar-refractivity contribution is 7.15. The minimum atomic E-state index is -0.159. The molecule has 9 nitrogen and oxygen atoms in total. The second-order valence-electron chi connectivity index (χ2n) is 10.7. The standard InChI is InChI=1S/C35H34N6O3S/c42-30(28-14-5-2-6-15-28)20-18-26-12-9-13-27(22-26)24-33(44)37-35-41-40-34(45-35)17-8-7-16-29-19-21-31(39-38-29)36-32(43)23-25-10-3-1-4-11-25/h1-6,9-15,19,21-22H,7-8,16-18,20,23-24H2,(H,36,39,43)(H,37,41,44). The van der Waals surface area contributed by atoms with Gasteiger partial charge in [0.05, 0.1) is 18.5 Å². The van der Waals surface area contributed by atoms with Crippen LogP contribution in [0.25, 0.3) is 0 Å². The molecule has 0 aliphatic heterocycles. The van der Waals surface area contributed by atoms with Crippen LogP contribution in [0, 0.1) is 0 Å². The molecule has 0 saturated carbocycles. The molecule has 228 valence electrons. The number of hydrogen-bond donors (Lipinski definition) is 2. The number of carbonyl (C=O) groups is 3. The van der Waals surface area contributed by atoms with Crippen LogP contribution in [0.15, 0.2) is 97.1 Å². The Balaban J connectivity index is 0.995. The van der Waals surface area contributed by atoms with Crippen LogP contribution in [0.3, 0.4) is 0 Å². The molecule has 0 fully saturated rings. The van der Waals surface area contributed by atoms with E-state index >= 15 is 0 Å². The predicted molar refractivity (Wildman–Crippen MR) is 175 cm³/mol. The normalized spacial score (nSPS) is 10.8. The van der Waals surface area contributed by atoms with Gasteiger partial charge in [0.1, 0.15) is 5.01 Å². The molecule has 0 aliphatic rings. The first-order chi connectivity index (χ1) is 22.0. The van der Waals surface area contributed by atoms with Gasteiger partial charge >= 0.3 is 0 Å². The molecular weight excluding hydrogens is 584 g/mol. The van der Waals surface area contributed by atoms with Crippen LogP contribution >= 0.6 is 11.3 Å². The lowest BCUT2D eigenvalue weighted by Gasteiger charge is -2.06. The zero-order chi connectivity index (χ0) is 31.3. The Morgan fingerprint density at radius 1 is 0.600 bits per heavy atom. The fourth-order valence-corrected chi connectivity index (χ4v) is 5.58. The Hall–Kier alpha value is -5.09. The smallest absolute Gasteiger partial charge is 0.230 e. The summed E-state index contributed by atoms with van der Waals surface area (Å²) >= 11 is 1.38. The van der Waals surface area contributed by atoms with Crippen LogP contribution in [0.2, 0.25) is 0 Å². The minimum absolute atomic E-state index is 0.107. The van der Waals surface area contributed by atoms with Crippen molar-refractivity contribution in [3.8, 4) is 0 Å². The fraction of sp³-hybridized carbons (Fsp3) is 0.229. The number of benzene rings is 3. The second-order valence-corrected chi connectivity index (χ2v) is 11.7. The van der Waals surface area contributed by atoms with Gasteiger partial charge in [0.25, 0.3) is 0 Å². The molecule has 0 bridgehead atoms. The van der Waals surface area contributed by atoms with Crippen LogP contribution in [0.4, 0.5) is 10.9 Å². The van der Waals surface area contributed by atoms with E-state index in [4.69, 9.17) is 0 Å². The van der Waals surface area contributed by atoms with Crippen molar-refractivity contribution in [2.24, 2.45) is 0 Å². The van der Waals surface area contributed by atoms with E-state index in [1.54, 1.807) is 6.07 Å². The van der Waals surface area contributed by atoms with E-state index in [-0.39, 0.29) is 30.4 Å². The molecule has 5 aromatic rings. The molecule has 2 heterocycles. The Labute approximate surface area is 266 Å². The maximum absolute atomic E-state index is 12.7. The number of hydrogen-bond acceptors (Lipinski definition) is 8. The third kappa shape index (κ3) is 10.3. The summed E-state index contributed by atoms with van der Waals surface area (Å²) < 4.78 is 0. The molecule has 0 atom stereocenters. The van der Waals surface area contributed by atoms with Gasteiger partial charge in [-0.1, -0.05) is 96.3 Å². The average molecular weight is 619 g/mol. The molecule has 45 heavy (non-hydrogen) atoms. The summed E-state index contributed by atoms with van der Waals surface area (Å²) in [5, 5.41) is 23.7. The van der Waals surface area contributed by atoms with E-state index in [0.717, 1.165) is 53.1 Å². The van der Waals surface area contributed by atoms with Crippen molar-refractivity contribution in [3.05, 3.63) is 130 Å². The monoisotopic (exact) mass is 618 g/mol. The van der Waals surface area contributed by atoms with Crippen molar-refractivity contribution in [2.45, 2.75) is 51.4 Å². The molecule has 0 radical (unpaired) electrons. The summed E-state index contributed by atoms with van der Waals surface area (Å²) in [4.78, 5) is 37.3. The van der Waals surface area contributed by atoms with Crippen molar-refractivity contribution < 1.29 is 14.4 Å². The highest BCUT2D eigenvalue weighted by Crippen LogP contribution is 2.19. The topological polar surface area (TPSA) is 127 Å². The molecule has 0 unspecified atom stereocenters. The van der Waals surface area contributed by atoms with E-state index in [0.29, 0.717) is 29.4 Å². The number of unbranched alkanes of at least 4 members (excludes halogenated alkanes) is 1. The number of rotatable bonds is 15. The zero-order valence-corrected chi connectivity index (χ0v) is 25.6. The number of nitrogens with one attached hydrogen (secondary N) is 2. The number of anilines is 2. The average Bonchev–Trinajstić information content (AvgIpc) is 3.50. The van der Waals surface area contributed by atoms with Gasteiger partial charge < -0.3 is 10.6 Å². The van der Waals surface area contributed by atoms with Crippen LogP contribution in [-0.4, -0.2) is 38.0 Å². The van der Waals surface area contributed by atoms with Gasteiger partial charge in [-0.15, -0.1) is 15.3 Å². The summed E-state index contributed by atoms with van der Waals surface area (Å²) in [6.07, 6.45) is 4.82.